The zero-order valence-corrected chi connectivity index (χ0v) is 21.1. The molecule has 3 heterocycles. The van der Waals surface area contributed by atoms with Crippen molar-refractivity contribution in [2.75, 3.05) is 17.4 Å². The van der Waals surface area contributed by atoms with Crippen molar-refractivity contribution in [2.45, 2.75) is 69.7 Å². The fourth-order valence-corrected chi connectivity index (χ4v) is 6.82. The Morgan fingerprint density at radius 2 is 1.91 bits per heavy atom. The van der Waals surface area contributed by atoms with Gasteiger partial charge in [0.15, 0.2) is 0 Å². The van der Waals surface area contributed by atoms with Gasteiger partial charge in [-0.25, -0.2) is 8.78 Å². The maximum Gasteiger partial charge on any atom is 0.278 e. The Kier molecular flexibility index (Phi) is 7.39. The molecule has 35 heavy (non-hydrogen) atoms. The maximum absolute atomic E-state index is 12.9. The van der Waals surface area contributed by atoms with E-state index < -0.39 is 6.43 Å². The first-order valence-corrected chi connectivity index (χ1v) is 13.9. The zero-order valence-electron chi connectivity index (χ0n) is 20.2. The van der Waals surface area contributed by atoms with E-state index in [2.05, 4.69) is 61.5 Å². The molecule has 5 nitrogen and oxygen atoms in total. The fourth-order valence-electron chi connectivity index (χ4n) is 5.02. The average molecular weight is 498 g/mol. The molecule has 2 aromatic rings. The Morgan fingerprint density at radius 1 is 1.11 bits per heavy atom. The van der Waals surface area contributed by atoms with Crippen LogP contribution in [0, 0.1) is 6.92 Å². The maximum atomic E-state index is 12.9. The summed E-state index contributed by atoms with van der Waals surface area (Å²) in [5, 5.41) is 8.12. The highest BCUT2D eigenvalue weighted by molar-refractivity contribution is 8.15. The van der Waals surface area contributed by atoms with E-state index >= 15 is 0 Å². The lowest BCUT2D eigenvalue weighted by Gasteiger charge is -2.43. The molecule has 5 rings (SSSR count). The van der Waals surface area contributed by atoms with Crippen LogP contribution >= 0.6 is 10.7 Å². The van der Waals surface area contributed by atoms with Gasteiger partial charge in [0.1, 0.15) is 5.71 Å². The molecule has 8 heteroatoms. The normalized spacial score (nSPS) is 20.5. The standard InChI is InChI=1S/C27H33F2N5S/c1-19-5-3-8-23(15-19)34(35(2)24-11-13-33(14-12-24)22-6-4-7-22)18-21-10-9-20(17-30-21)25-16-26(27(28)29)32-31-25/h3,5,8-10,15,17,22,24,27H,2,4,6-7,11-14,16,18H2,1H3. The minimum Gasteiger partial charge on any atom is -0.316 e. The second kappa shape index (κ2) is 10.7. The second-order valence-electron chi connectivity index (χ2n) is 9.75. The Hall–Kier alpha value is -2.45. The molecule has 0 spiro atoms. The van der Waals surface area contributed by atoms with Gasteiger partial charge in [-0.05, 0) is 75.5 Å². The van der Waals surface area contributed by atoms with Gasteiger partial charge in [-0.2, -0.15) is 10.2 Å². The van der Waals surface area contributed by atoms with Gasteiger partial charge in [0, 0.05) is 35.2 Å². The summed E-state index contributed by atoms with van der Waals surface area (Å²) in [5.41, 5.74) is 4.43. The molecule has 1 saturated heterocycles. The van der Waals surface area contributed by atoms with Crippen molar-refractivity contribution in [1.29, 1.82) is 0 Å². The van der Waals surface area contributed by atoms with E-state index in [1.54, 1.807) is 6.20 Å². The van der Waals surface area contributed by atoms with E-state index in [-0.39, 0.29) is 22.8 Å². The molecule has 186 valence electrons. The van der Waals surface area contributed by atoms with Crippen molar-refractivity contribution < 1.29 is 8.78 Å². The molecule has 3 aliphatic rings. The number of rotatable bonds is 8. The van der Waals surface area contributed by atoms with Crippen LogP contribution in [0.15, 0.2) is 52.8 Å². The highest BCUT2D eigenvalue weighted by Crippen LogP contribution is 2.38. The molecule has 1 aromatic carbocycles. The van der Waals surface area contributed by atoms with Crippen LogP contribution in [-0.2, 0) is 6.54 Å². The van der Waals surface area contributed by atoms with Crippen molar-refractivity contribution in [3.8, 4) is 0 Å². The SMILES string of the molecule is C=S(C1CCN(C2CCC2)CC1)N(Cc1ccc(C2=NN=C(C(F)F)C2)cn1)c1cccc(C)c1. The average Bonchev–Trinajstić information content (AvgIpc) is 3.33. The summed E-state index contributed by atoms with van der Waals surface area (Å²) >= 11 is 0. The number of aromatic nitrogens is 1. The summed E-state index contributed by atoms with van der Waals surface area (Å²) in [4.78, 5) is 7.35. The molecule has 1 unspecified atom stereocenters. The highest BCUT2D eigenvalue weighted by atomic mass is 32.2. The molecular formula is C27H33F2N5S. The van der Waals surface area contributed by atoms with Gasteiger partial charge >= 0.3 is 0 Å². The molecule has 0 radical (unpaired) electrons. The van der Waals surface area contributed by atoms with E-state index in [1.807, 2.05) is 12.1 Å². The smallest absolute Gasteiger partial charge is 0.278 e. The quantitative estimate of drug-likeness (QED) is 0.430. The monoisotopic (exact) mass is 497 g/mol. The van der Waals surface area contributed by atoms with Gasteiger partial charge < -0.3 is 9.21 Å². The van der Waals surface area contributed by atoms with Gasteiger partial charge in [-0.1, -0.05) is 35.1 Å². The number of pyridine rings is 1. The highest BCUT2D eigenvalue weighted by Gasteiger charge is 2.31. The van der Waals surface area contributed by atoms with Crippen LogP contribution in [0.3, 0.4) is 0 Å². The predicted molar refractivity (Wildman–Crippen MR) is 143 cm³/mol. The predicted octanol–water partition coefficient (Wildman–Crippen LogP) is 5.84. The third kappa shape index (κ3) is 5.54. The molecule has 1 aliphatic carbocycles. The van der Waals surface area contributed by atoms with Crippen LogP contribution in [0.1, 0.15) is 55.3 Å². The number of piperidine rings is 1. The number of halogens is 2. The summed E-state index contributed by atoms with van der Waals surface area (Å²) in [7, 11) is -0.192. The molecule has 1 atom stereocenters. The zero-order chi connectivity index (χ0) is 24.4. The van der Waals surface area contributed by atoms with Crippen molar-refractivity contribution >= 4 is 33.7 Å². The number of anilines is 1. The lowest BCUT2D eigenvalue weighted by molar-refractivity contribution is 0.107. The molecule has 0 bridgehead atoms. The number of likely N-dealkylation sites (tertiary alicyclic amines) is 1. The van der Waals surface area contributed by atoms with Crippen LogP contribution in [0.2, 0.25) is 0 Å². The number of nitrogens with zero attached hydrogens (tertiary/aromatic N) is 5. The molecule has 2 aliphatic heterocycles. The van der Waals surface area contributed by atoms with Crippen LogP contribution < -0.4 is 4.31 Å². The number of hydrogen-bond acceptors (Lipinski definition) is 5. The van der Waals surface area contributed by atoms with E-state index in [9.17, 15) is 8.78 Å². The van der Waals surface area contributed by atoms with Crippen molar-refractivity contribution in [3.63, 3.8) is 0 Å². The van der Waals surface area contributed by atoms with Gasteiger partial charge in [0.25, 0.3) is 6.43 Å². The summed E-state index contributed by atoms with van der Waals surface area (Å²) < 4.78 is 28.2. The minimum atomic E-state index is -2.57. The molecule has 1 aromatic heterocycles. The summed E-state index contributed by atoms with van der Waals surface area (Å²) in [6, 6.07) is 13.3. The largest absolute Gasteiger partial charge is 0.316 e. The second-order valence-corrected chi connectivity index (χ2v) is 11.7. The molecule has 1 saturated carbocycles. The Bertz CT molecular complexity index is 1120. The molecule has 0 amide bonds. The number of benzene rings is 1. The molecule has 2 fully saturated rings. The van der Waals surface area contributed by atoms with Crippen molar-refractivity contribution in [1.82, 2.24) is 9.88 Å². The van der Waals surface area contributed by atoms with E-state index in [0.29, 0.717) is 17.5 Å². The topological polar surface area (TPSA) is 44.1 Å². The lowest BCUT2D eigenvalue weighted by Crippen LogP contribution is -2.46. The Balaban J connectivity index is 1.29. The Morgan fingerprint density at radius 3 is 2.51 bits per heavy atom. The summed E-state index contributed by atoms with van der Waals surface area (Å²) in [6.45, 7) is 5.12. The third-order valence-corrected chi connectivity index (χ3v) is 9.54. The minimum absolute atomic E-state index is 0.0794. The van der Waals surface area contributed by atoms with Crippen LogP contribution in [-0.4, -0.2) is 58.0 Å². The van der Waals surface area contributed by atoms with Crippen LogP contribution in [0.5, 0.6) is 0 Å². The van der Waals surface area contributed by atoms with Gasteiger partial charge in [-0.3, -0.25) is 4.98 Å². The first-order chi connectivity index (χ1) is 17.0. The molecule has 0 N–H and O–H groups in total. The Labute approximate surface area is 209 Å². The number of hydrogen-bond donors (Lipinski definition) is 0. The fraction of sp³-hybridized carbons (Fsp3) is 0.481. The van der Waals surface area contributed by atoms with E-state index in [0.717, 1.165) is 17.3 Å². The number of aryl methyl sites for hydroxylation is 1. The first kappa shape index (κ1) is 24.3. The van der Waals surface area contributed by atoms with Gasteiger partial charge in [-0.15, -0.1) is 0 Å². The van der Waals surface area contributed by atoms with Crippen molar-refractivity contribution in [2.24, 2.45) is 10.2 Å². The van der Waals surface area contributed by atoms with Crippen LogP contribution in [0.4, 0.5) is 14.5 Å². The van der Waals surface area contributed by atoms with Gasteiger partial charge in [0.05, 0.1) is 18.0 Å². The first-order valence-electron chi connectivity index (χ1n) is 12.5. The van der Waals surface area contributed by atoms with Crippen molar-refractivity contribution in [3.05, 3.63) is 59.4 Å². The number of alkyl halides is 2. The molecular weight excluding hydrogens is 464 g/mol. The van der Waals surface area contributed by atoms with Crippen LogP contribution in [0.25, 0.3) is 0 Å². The summed E-state index contributed by atoms with van der Waals surface area (Å²) in [5.74, 6) is 4.68. The third-order valence-electron chi connectivity index (χ3n) is 7.39. The summed E-state index contributed by atoms with van der Waals surface area (Å²) in [6.07, 6.45) is 5.71. The van der Waals surface area contributed by atoms with E-state index in [1.165, 1.54) is 56.4 Å². The van der Waals surface area contributed by atoms with Gasteiger partial charge in [0.2, 0.25) is 0 Å². The lowest BCUT2D eigenvalue weighted by atomic mass is 9.90. The van der Waals surface area contributed by atoms with E-state index in [4.69, 9.17) is 0 Å².